The molecule has 1 unspecified atom stereocenters. The summed E-state index contributed by atoms with van der Waals surface area (Å²) in [5.74, 6) is 0.986. The summed E-state index contributed by atoms with van der Waals surface area (Å²) in [7, 11) is 0. The Hall–Kier alpha value is -2.12. The van der Waals surface area contributed by atoms with Gasteiger partial charge in [-0.25, -0.2) is 4.98 Å². The van der Waals surface area contributed by atoms with Gasteiger partial charge in [-0.15, -0.1) is 0 Å². The molecule has 0 radical (unpaired) electrons. The third-order valence-corrected chi connectivity index (χ3v) is 3.98. The van der Waals surface area contributed by atoms with Gasteiger partial charge in [0.15, 0.2) is 0 Å². The first kappa shape index (κ1) is 13.8. The van der Waals surface area contributed by atoms with E-state index < -0.39 is 0 Å². The molecule has 0 aliphatic carbocycles. The number of nitriles is 1. The normalized spacial score (nSPS) is 17.2. The van der Waals surface area contributed by atoms with Gasteiger partial charge in [-0.05, 0) is 25.3 Å². The summed E-state index contributed by atoms with van der Waals surface area (Å²) in [5, 5.41) is 8.96. The molecule has 1 aliphatic rings. The number of hydrogen-bond donors (Lipinski definition) is 0. The first-order chi connectivity index (χ1) is 10.3. The molecule has 108 valence electrons. The van der Waals surface area contributed by atoms with E-state index >= 15 is 0 Å². The summed E-state index contributed by atoms with van der Waals surface area (Å²) >= 11 is 0. The van der Waals surface area contributed by atoms with Crippen molar-refractivity contribution in [2.24, 2.45) is 0 Å². The predicted octanol–water partition coefficient (Wildman–Crippen LogP) is 3.31. The second-order valence-corrected chi connectivity index (χ2v) is 5.42. The lowest BCUT2D eigenvalue weighted by Gasteiger charge is -2.24. The van der Waals surface area contributed by atoms with Gasteiger partial charge in [-0.3, -0.25) is 0 Å². The van der Waals surface area contributed by atoms with Crippen LogP contribution in [0.1, 0.15) is 41.7 Å². The third kappa shape index (κ3) is 2.84. The van der Waals surface area contributed by atoms with E-state index in [1.54, 1.807) is 0 Å². The van der Waals surface area contributed by atoms with Gasteiger partial charge in [0.05, 0.1) is 30.5 Å². The number of nitrogens with zero attached hydrogens (tertiary/aromatic N) is 3. The fraction of sp³-hybridized carbons (Fsp3) is 0.412. The number of aromatic nitrogens is 2. The fourth-order valence-electron chi connectivity index (χ4n) is 2.92. The van der Waals surface area contributed by atoms with E-state index in [1.165, 1.54) is 5.56 Å². The molecule has 2 aromatic rings. The number of rotatable bonds is 4. The standard InChI is InChI=1S/C17H19N3O/c1-13-15(9-10-18)20-11-5-8-16(17(20)19-13)21-12-14-6-3-2-4-7-14/h2-4,6-7,16H,5,8-9,11-12H2,1H3. The number of aryl methyl sites for hydroxylation is 1. The third-order valence-electron chi connectivity index (χ3n) is 3.98. The first-order valence-corrected chi connectivity index (χ1v) is 7.38. The second-order valence-electron chi connectivity index (χ2n) is 5.42. The summed E-state index contributed by atoms with van der Waals surface area (Å²) in [5.41, 5.74) is 3.18. The van der Waals surface area contributed by atoms with Crippen molar-refractivity contribution in [2.45, 2.75) is 45.4 Å². The van der Waals surface area contributed by atoms with Crippen LogP contribution < -0.4 is 0 Å². The monoisotopic (exact) mass is 281 g/mol. The van der Waals surface area contributed by atoms with E-state index in [2.05, 4.69) is 27.8 Å². The average Bonchev–Trinajstić information content (AvgIpc) is 2.83. The molecule has 0 spiro atoms. The number of imidazole rings is 1. The Kier molecular flexibility index (Phi) is 4.03. The maximum absolute atomic E-state index is 8.96. The molecule has 0 N–H and O–H groups in total. The molecule has 0 saturated heterocycles. The molecular weight excluding hydrogens is 262 g/mol. The van der Waals surface area contributed by atoms with Crippen LogP contribution in [-0.2, 0) is 24.3 Å². The number of ether oxygens (including phenoxy) is 1. The molecule has 0 bridgehead atoms. The minimum absolute atomic E-state index is 0.0325. The Morgan fingerprint density at radius 2 is 2.19 bits per heavy atom. The van der Waals surface area contributed by atoms with Crippen molar-refractivity contribution in [1.82, 2.24) is 9.55 Å². The van der Waals surface area contributed by atoms with Crippen LogP contribution in [-0.4, -0.2) is 9.55 Å². The van der Waals surface area contributed by atoms with Crippen molar-refractivity contribution in [2.75, 3.05) is 0 Å². The van der Waals surface area contributed by atoms with Crippen LogP contribution in [0.4, 0.5) is 0 Å². The maximum atomic E-state index is 8.96. The van der Waals surface area contributed by atoms with Gasteiger partial charge >= 0.3 is 0 Å². The molecule has 1 aromatic heterocycles. The zero-order valence-corrected chi connectivity index (χ0v) is 12.2. The van der Waals surface area contributed by atoms with E-state index in [0.717, 1.165) is 36.6 Å². The smallest absolute Gasteiger partial charge is 0.138 e. The van der Waals surface area contributed by atoms with Crippen LogP contribution in [0.15, 0.2) is 30.3 Å². The Bertz CT molecular complexity index is 655. The predicted molar refractivity (Wildman–Crippen MR) is 79.5 cm³/mol. The fourth-order valence-corrected chi connectivity index (χ4v) is 2.92. The molecule has 0 amide bonds. The van der Waals surface area contributed by atoms with Gasteiger partial charge < -0.3 is 9.30 Å². The lowest BCUT2D eigenvalue weighted by Crippen LogP contribution is -2.19. The molecule has 0 fully saturated rings. The highest BCUT2D eigenvalue weighted by molar-refractivity contribution is 5.22. The molecule has 3 rings (SSSR count). The topological polar surface area (TPSA) is 50.8 Å². The summed E-state index contributed by atoms with van der Waals surface area (Å²) in [6.07, 6.45) is 2.52. The molecule has 2 heterocycles. The SMILES string of the molecule is Cc1nc2n(c1CC#N)CCCC2OCc1ccccc1. The Morgan fingerprint density at radius 1 is 1.38 bits per heavy atom. The van der Waals surface area contributed by atoms with E-state index in [1.807, 2.05) is 25.1 Å². The molecule has 1 atom stereocenters. The quantitative estimate of drug-likeness (QED) is 0.864. The van der Waals surface area contributed by atoms with Gasteiger partial charge in [-0.1, -0.05) is 30.3 Å². The minimum Gasteiger partial charge on any atom is -0.366 e. The number of benzene rings is 1. The highest BCUT2D eigenvalue weighted by Crippen LogP contribution is 2.30. The van der Waals surface area contributed by atoms with Crippen molar-refractivity contribution in [1.29, 1.82) is 5.26 Å². The lowest BCUT2D eigenvalue weighted by atomic mass is 10.1. The molecule has 4 heteroatoms. The Morgan fingerprint density at radius 3 is 2.95 bits per heavy atom. The molecule has 1 aliphatic heterocycles. The molecule has 0 saturated carbocycles. The molecule has 1 aromatic carbocycles. The highest BCUT2D eigenvalue weighted by atomic mass is 16.5. The lowest BCUT2D eigenvalue weighted by molar-refractivity contribution is 0.0159. The Labute approximate surface area is 125 Å². The van der Waals surface area contributed by atoms with Gasteiger partial charge in [0.2, 0.25) is 0 Å². The van der Waals surface area contributed by atoms with Crippen LogP contribution >= 0.6 is 0 Å². The van der Waals surface area contributed by atoms with Gasteiger partial charge in [-0.2, -0.15) is 5.26 Å². The van der Waals surface area contributed by atoms with E-state index in [9.17, 15) is 0 Å². The van der Waals surface area contributed by atoms with Crippen molar-refractivity contribution in [3.05, 3.63) is 53.1 Å². The summed E-state index contributed by atoms with van der Waals surface area (Å²) < 4.78 is 8.25. The largest absolute Gasteiger partial charge is 0.366 e. The van der Waals surface area contributed by atoms with Crippen molar-refractivity contribution in [3.63, 3.8) is 0 Å². The van der Waals surface area contributed by atoms with E-state index in [4.69, 9.17) is 10.00 Å². The van der Waals surface area contributed by atoms with E-state index in [-0.39, 0.29) is 6.10 Å². The van der Waals surface area contributed by atoms with Gasteiger partial charge in [0.1, 0.15) is 11.9 Å². The average molecular weight is 281 g/mol. The van der Waals surface area contributed by atoms with Crippen molar-refractivity contribution in [3.8, 4) is 6.07 Å². The van der Waals surface area contributed by atoms with Crippen LogP contribution in [0.5, 0.6) is 0 Å². The van der Waals surface area contributed by atoms with E-state index in [0.29, 0.717) is 13.0 Å². The van der Waals surface area contributed by atoms with Crippen LogP contribution in [0.2, 0.25) is 0 Å². The summed E-state index contributed by atoms with van der Waals surface area (Å²) in [4.78, 5) is 4.65. The van der Waals surface area contributed by atoms with Crippen LogP contribution in [0.25, 0.3) is 0 Å². The first-order valence-electron chi connectivity index (χ1n) is 7.38. The van der Waals surface area contributed by atoms with Crippen LogP contribution in [0.3, 0.4) is 0 Å². The minimum atomic E-state index is 0.0325. The number of fused-ring (bicyclic) bond motifs is 1. The van der Waals surface area contributed by atoms with Crippen molar-refractivity contribution >= 4 is 0 Å². The summed E-state index contributed by atoms with van der Waals surface area (Å²) in [6.45, 7) is 3.52. The zero-order valence-electron chi connectivity index (χ0n) is 12.2. The molecular formula is C17H19N3O. The maximum Gasteiger partial charge on any atom is 0.138 e. The van der Waals surface area contributed by atoms with Gasteiger partial charge in [0.25, 0.3) is 0 Å². The zero-order chi connectivity index (χ0) is 14.7. The van der Waals surface area contributed by atoms with Crippen LogP contribution in [0, 0.1) is 18.3 Å². The van der Waals surface area contributed by atoms with Crippen molar-refractivity contribution < 1.29 is 4.74 Å². The Balaban J connectivity index is 1.78. The molecule has 4 nitrogen and oxygen atoms in total. The second kappa shape index (κ2) is 6.11. The summed E-state index contributed by atoms with van der Waals surface area (Å²) in [6, 6.07) is 12.4. The van der Waals surface area contributed by atoms with Gasteiger partial charge in [0, 0.05) is 6.54 Å². The highest BCUT2D eigenvalue weighted by Gasteiger charge is 2.26. The molecule has 21 heavy (non-hydrogen) atoms. The number of hydrogen-bond acceptors (Lipinski definition) is 3.